The molecule has 1 aromatic heterocycles. The lowest BCUT2D eigenvalue weighted by atomic mass is 10.1. The first-order chi connectivity index (χ1) is 13.9. The van der Waals surface area contributed by atoms with Crippen LogP contribution in [0.5, 0.6) is 5.75 Å². The second kappa shape index (κ2) is 9.08. The molecule has 0 spiro atoms. The SMILES string of the molecule is CNS(=O)(=O)c1cc(NCc2cccs2)cc(C(=O)Nc2ccc(OC)cc2)c1. The minimum absolute atomic E-state index is 0.0102. The van der Waals surface area contributed by atoms with Gasteiger partial charge in [0, 0.05) is 28.4 Å². The first kappa shape index (κ1) is 20.8. The molecule has 3 aromatic rings. The molecule has 0 atom stereocenters. The van der Waals surface area contributed by atoms with E-state index in [0.717, 1.165) is 4.88 Å². The molecule has 29 heavy (non-hydrogen) atoms. The Morgan fingerprint density at radius 2 is 1.83 bits per heavy atom. The summed E-state index contributed by atoms with van der Waals surface area (Å²) >= 11 is 1.59. The molecule has 0 bridgehead atoms. The monoisotopic (exact) mass is 431 g/mol. The molecule has 0 fully saturated rings. The molecule has 3 rings (SSSR count). The number of benzene rings is 2. The van der Waals surface area contributed by atoms with Crippen LogP contribution >= 0.6 is 11.3 Å². The maximum absolute atomic E-state index is 12.7. The van der Waals surface area contributed by atoms with E-state index in [-0.39, 0.29) is 10.5 Å². The van der Waals surface area contributed by atoms with E-state index in [9.17, 15) is 13.2 Å². The largest absolute Gasteiger partial charge is 0.497 e. The van der Waals surface area contributed by atoms with Crippen molar-refractivity contribution in [3.63, 3.8) is 0 Å². The van der Waals surface area contributed by atoms with Crippen LogP contribution in [0.4, 0.5) is 11.4 Å². The molecule has 0 radical (unpaired) electrons. The molecule has 0 aliphatic heterocycles. The number of hydrogen-bond acceptors (Lipinski definition) is 6. The zero-order valence-corrected chi connectivity index (χ0v) is 17.6. The highest BCUT2D eigenvalue weighted by atomic mass is 32.2. The van der Waals surface area contributed by atoms with Crippen molar-refractivity contribution in [2.75, 3.05) is 24.8 Å². The van der Waals surface area contributed by atoms with Gasteiger partial charge in [-0.2, -0.15) is 0 Å². The van der Waals surface area contributed by atoms with Crippen LogP contribution in [0.2, 0.25) is 0 Å². The Morgan fingerprint density at radius 1 is 1.07 bits per heavy atom. The first-order valence-corrected chi connectivity index (χ1v) is 11.1. The number of methoxy groups -OCH3 is 1. The highest BCUT2D eigenvalue weighted by Gasteiger charge is 2.17. The summed E-state index contributed by atoms with van der Waals surface area (Å²) in [5.41, 5.74) is 1.34. The smallest absolute Gasteiger partial charge is 0.255 e. The lowest BCUT2D eigenvalue weighted by Gasteiger charge is -2.12. The van der Waals surface area contributed by atoms with Gasteiger partial charge in [-0.15, -0.1) is 11.3 Å². The molecule has 0 unspecified atom stereocenters. The van der Waals surface area contributed by atoms with Crippen molar-refractivity contribution in [1.29, 1.82) is 0 Å². The van der Waals surface area contributed by atoms with Crippen LogP contribution in [0.15, 0.2) is 64.9 Å². The van der Waals surface area contributed by atoms with Crippen molar-refractivity contribution in [2.24, 2.45) is 0 Å². The molecule has 9 heteroatoms. The molecule has 1 heterocycles. The summed E-state index contributed by atoms with van der Waals surface area (Å²) in [5.74, 6) is 0.257. The average Bonchev–Trinajstić information content (AvgIpc) is 3.26. The van der Waals surface area contributed by atoms with Crippen molar-refractivity contribution < 1.29 is 17.9 Å². The Hall–Kier alpha value is -2.88. The van der Waals surface area contributed by atoms with E-state index < -0.39 is 15.9 Å². The van der Waals surface area contributed by atoms with E-state index in [2.05, 4.69) is 15.4 Å². The predicted octanol–water partition coefficient (Wildman–Crippen LogP) is 3.53. The average molecular weight is 432 g/mol. The Balaban J connectivity index is 1.87. The zero-order valence-electron chi connectivity index (χ0n) is 15.9. The Morgan fingerprint density at radius 3 is 2.45 bits per heavy atom. The van der Waals surface area contributed by atoms with Gasteiger partial charge >= 0.3 is 0 Å². The topological polar surface area (TPSA) is 96.5 Å². The minimum Gasteiger partial charge on any atom is -0.497 e. The summed E-state index contributed by atoms with van der Waals surface area (Å²) in [6, 6.07) is 15.3. The number of thiophene rings is 1. The van der Waals surface area contributed by atoms with Gasteiger partial charge in [-0.25, -0.2) is 13.1 Å². The van der Waals surface area contributed by atoms with Gasteiger partial charge < -0.3 is 15.4 Å². The van der Waals surface area contributed by atoms with Crippen LogP contribution in [-0.4, -0.2) is 28.5 Å². The zero-order chi connectivity index (χ0) is 20.9. The summed E-state index contributed by atoms with van der Waals surface area (Å²) in [6.07, 6.45) is 0. The third-order valence-corrected chi connectivity index (χ3v) is 6.41. The molecule has 0 saturated carbocycles. The lowest BCUT2D eigenvalue weighted by molar-refractivity contribution is 0.102. The maximum atomic E-state index is 12.7. The Kier molecular flexibility index (Phi) is 6.53. The molecule has 0 saturated heterocycles. The van der Waals surface area contributed by atoms with Crippen LogP contribution in [0, 0.1) is 0 Å². The predicted molar refractivity (Wildman–Crippen MR) is 115 cm³/mol. The highest BCUT2D eigenvalue weighted by molar-refractivity contribution is 7.89. The Bertz CT molecular complexity index is 1080. The number of carbonyl (C=O) groups excluding carboxylic acids is 1. The summed E-state index contributed by atoms with van der Waals surface area (Å²) in [4.78, 5) is 13.8. The third kappa shape index (κ3) is 5.35. The number of carbonyl (C=O) groups is 1. The number of amides is 1. The van der Waals surface area contributed by atoms with E-state index in [0.29, 0.717) is 23.7 Å². The molecule has 2 aromatic carbocycles. The normalized spacial score (nSPS) is 11.1. The standard InChI is InChI=1S/C20H21N3O4S2/c1-21-29(25,26)19-11-14(10-16(12-19)22-13-18-4-3-9-28-18)20(24)23-15-5-7-17(27-2)8-6-15/h3-12,21-22H,13H2,1-2H3,(H,23,24). The fourth-order valence-corrected chi connectivity index (χ4v) is 4.03. The summed E-state index contributed by atoms with van der Waals surface area (Å²) in [5, 5.41) is 7.91. The molecular formula is C20H21N3O4S2. The lowest BCUT2D eigenvalue weighted by Crippen LogP contribution is -2.20. The molecule has 3 N–H and O–H groups in total. The highest BCUT2D eigenvalue weighted by Crippen LogP contribution is 2.22. The third-order valence-electron chi connectivity index (χ3n) is 4.14. The summed E-state index contributed by atoms with van der Waals surface area (Å²) in [6.45, 7) is 0.528. The van der Waals surface area contributed by atoms with E-state index >= 15 is 0 Å². The summed E-state index contributed by atoms with van der Waals surface area (Å²) in [7, 11) is -0.822. The van der Waals surface area contributed by atoms with Gasteiger partial charge in [0.05, 0.1) is 12.0 Å². The number of hydrogen-bond donors (Lipinski definition) is 3. The molecular weight excluding hydrogens is 410 g/mol. The first-order valence-electron chi connectivity index (χ1n) is 8.71. The fourth-order valence-electron chi connectivity index (χ4n) is 2.59. The van der Waals surface area contributed by atoms with Crippen LogP contribution in [0.25, 0.3) is 0 Å². The number of nitrogens with one attached hydrogen (secondary N) is 3. The van der Waals surface area contributed by atoms with Gasteiger partial charge in [-0.1, -0.05) is 6.07 Å². The van der Waals surface area contributed by atoms with E-state index in [1.54, 1.807) is 48.8 Å². The van der Waals surface area contributed by atoms with Crippen molar-refractivity contribution in [1.82, 2.24) is 4.72 Å². The second-order valence-electron chi connectivity index (χ2n) is 6.07. The van der Waals surface area contributed by atoms with Gasteiger partial charge in [0.2, 0.25) is 10.0 Å². The van der Waals surface area contributed by atoms with E-state index in [1.807, 2.05) is 17.5 Å². The van der Waals surface area contributed by atoms with Gasteiger partial charge in [0.1, 0.15) is 5.75 Å². The molecule has 1 amide bonds. The molecule has 7 nitrogen and oxygen atoms in total. The quantitative estimate of drug-likeness (QED) is 0.507. The van der Waals surface area contributed by atoms with Gasteiger partial charge in [0.15, 0.2) is 0 Å². The molecule has 0 aliphatic carbocycles. The summed E-state index contributed by atoms with van der Waals surface area (Å²) < 4.78 is 32.0. The van der Waals surface area contributed by atoms with Crippen molar-refractivity contribution in [3.05, 3.63) is 70.4 Å². The Labute approximate surface area is 173 Å². The van der Waals surface area contributed by atoms with Gasteiger partial charge in [0.25, 0.3) is 5.91 Å². The van der Waals surface area contributed by atoms with Crippen LogP contribution in [0.1, 0.15) is 15.2 Å². The van der Waals surface area contributed by atoms with Crippen LogP contribution in [0.3, 0.4) is 0 Å². The number of sulfonamides is 1. The van der Waals surface area contributed by atoms with Gasteiger partial charge in [-0.05, 0) is 61.0 Å². The molecule has 0 aliphatic rings. The fraction of sp³-hybridized carbons (Fsp3) is 0.150. The number of rotatable bonds is 8. The van der Waals surface area contributed by atoms with Crippen LogP contribution < -0.4 is 20.1 Å². The molecule has 152 valence electrons. The van der Waals surface area contributed by atoms with E-state index in [4.69, 9.17) is 4.74 Å². The maximum Gasteiger partial charge on any atom is 0.255 e. The van der Waals surface area contributed by atoms with Crippen LogP contribution in [-0.2, 0) is 16.6 Å². The second-order valence-corrected chi connectivity index (χ2v) is 8.99. The number of ether oxygens (including phenoxy) is 1. The van der Waals surface area contributed by atoms with E-state index in [1.165, 1.54) is 19.2 Å². The number of anilines is 2. The van der Waals surface area contributed by atoms with Crippen molar-refractivity contribution in [2.45, 2.75) is 11.4 Å². The van der Waals surface area contributed by atoms with Crippen molar-refractivity contribution in [3.8, 4) is 5.75 Å². The minimum atomic E-state index is -3.71. The van der Waals surface area contributed by atoms with Gasteiger partial charge in [-0.3, -0.25) is 4.79 Å². The van der Waals surface area contributed by atoms with Crippen molar-refractivity contribution >= 4 is 38.6 Å².